The number of carbonyl (C=O) groups is 1. The van der Waals surface area contributed by atoms with E-state index < -0.39 is 0 Å². The van der Waals surface area contributed by atoms with Crippen LogP contribution in [0.15, 0.2) is 16.8 Å². The van der Waals surface area contributed by atoms with Gasteiger partial charge in [0.25, 0.3) is 0 Å². The molecule has 0 atom stereocenters. The fourth-order valence-corrected chi connectivity index (χ4v) is 2.45. The molecule has 1 N–H and O–H groups in total. The lowest BCUT2D eigenvalue weighted by atomic mass is 10.2. The van der Waals surface area contributed by atoms with Gasteiger partial charge in [-0.05, 0) is 28.9 Å². The smallest absolute Gasteiger partial charge is 0.224 e. The molecule has 0 saturated carbocycles. The Hall–Kier alpha value is -2.15. The number of morpholine rings is 1. The fraction of sp³-hybridized carbons (Fsp3) is 0.500. The van der Waals surface area contributed by atoms with Crippen LogP contribution in [0.3, 0.4) is 0 Å². The van der Waals surface area contributed by atoms with Gasteiger partial charge < -0.3 is 15.0 Å². The number of nitrogens with zero attached hydrogens (tertiary/aromatic N) is 3. The van der Waals surface area contributed by atoms with Gasteiger partial charge in [0.2, 0.25) is 5.91 Å². The van der Waals surface area contributed by atoms with Gasteiger partial charge in [-0.1, -0.05) is 6.92 Å². The van der Waals surface area contributed by atoms with Crippen LogP contribution in [0.4, 0.5) is 11.4 Å². The van der Waals surface area contributed by atoms with E-state index in [0.29, 0.717) is 36.4 Å². The van der Waals surface area contributed by atoms with E-state index in [4.69, 9.17) is 9.37 Å². The monoisotopic (exact) mass is 290 g/mol. The maximum Gasteiger partial charge on any atom is 0.224 e. The molecule has 0 bridgehead atoms. The lowest BCUT2D eigenvalue weighted by molar-refractivity contribution is -0.116. The van der Waals surface area contributed by atoms with Crippen LogP contribution in [0.25, 0.3) is 11.0 Å². The highest BCUT2D eigenvalue weighted by Crippen LogP contribution is 2.30. The fourth-order valence-electron chi connectivity index (χ4n) is 2.45. The number of fused-ring (bicyclic) bond motifs is 1. The first-order valence-electron chi connectivity index (χ1n) is 7.17. The quantitative estimate of drug-likeness (QED) is 0.924. The standard InChI is InChI=1S/C14H18N4O3/c1-2-3-12(19)15-10-4-5-11(14-13(10)16-21-17-14)18-6-8-20-9-7-18/h4-5H,2-3,6-9H2,1H3,(H,15,19). The van der Waals surface area contributed by atoms with E-state index in [2.05, 4.69) is 20.5 Å². The molecule has 0 aliphatic carbocycles. The second-order valence-electron chi connectivity index (χ2n) is 4.99. The van der Waals surface area contributed by atoms with Crippen LogP contribution in [0.5, 0.6) is 0 Å². The van der Waals surface area contributed by atoms with Crippen molar-refractivity contribution in [3.8, 4) is 0 Å². The van der Waals surface area contributed by atoms with E-state index in [9.17, 15) is 4.79 Å². The van der Waals surface area contributed by atoms with Crippen molar-refractivity contribution < 1.29 is 14.2 Å². The molecule has 1 saturated heterocycles. The Morgan fingerprint density at radius 1 is 1.29 bits per heavy atom. The molecule has 2 heterocycles. The number of ether oxygens (including phenoxy) is 1. The second-order valence-corrected chi connectivity index (χ2v) is 4.99. The third-order valence-electron chi connectivity index (χ3n) is 3.50. The number of hydrogen-bond donors (Lipinski definition) is 1. The average molecular weight is 290 g/mol. The van der Waals surface area contributed by atoms with E-state index in [1.807, 2.05) is 19.1 Å². The van der Waals surface area contributed by atoms with Crippen LogP contribution in [0.1, 0.15) is 19.8 Å². The number of rotatable bonds is 4. The first-order chi connectivity index (χ1) is 10.3. The molecule has 3 rings (SSSR count). The third-order valence-corrected chi connectivity index (χ3v) is 3.50. The van der Waals surface area contributed by atoms with Crippen LogP contribution in [-0.4, -0.2) is 42.5 Å². The van der Waals surface area contributed by atoms with Gasteiger partial charge in [-0.3, -0.25) is 4.79 Å². The molecule has 1 aromatic heterocycles. The lowest BCUT2D eigenvalue weighted by Crippen LogP contribution is -2.36. The largest absolute Gasteiger partial charge is 0.378 e. The second kappa shape index (κ2) is 6.09. The summed E-state index contributed by atoms with van der Waals surface area (Å²) in [4.78, 5) is 13.9. The molecule has 1 aliphatic heterocycles. The summed E-state index contributed by atoms with van der Waals surface area (Å²) in [6.45, 7) is 4.98. The van der Waals surface area contributed by atoms with E-state index in [-0.39, 0.29) is 5.91 Å². The zero-order chi connectivity index (χ0) is 14.7. The van der Waals surface area contributed by atoms with Crippen molar-refractivity contribution in [2.75, 3.05) is 36.5 Å². The van der Waals surface area contributed by atoms with Crippen molar-refractivity contribution in [3.63, 3.8) is 0 Å². The highest BCUT2D eigenvalue weighted by molar-refractivity contribution is 6.02. The summed E-state index contributed by atoms with van der Waals surface area (Å²) in [6.07, 6.45) is 1.29. The van der Waals surface area contributed by atoms with Gasteiger partial charge in [-0.2, -0.15) is 0 Å². The Labute approximate surface area is 122 Å². The van der Waals surface area contributed by atoms with E-state index in [1.165, 1.54) is 0 Å². The Kier molecular flexibility index (Phi) is 4.01. The van der Waals surface area contributed by atoms with Crippen LogP contribution in [-0.2, 0) is 9.53 Å². The minimum absolute atomic E-state index is 0.0269. The first-order valence-corrected chi connectivity index (χ1v) is 7.17. The minimum Gasteiger partial charge on any atom is -0.378 e. The molecular formula is C14H18N4O3. The number of amides is 1. The number of aromatic nitrogens is 2. The minimum atomic E-state index is -0.0269. The molecule has 7 heteroatoms. The number of benzene rings is 1. The maximum atomic E-state index is 11.7. The van der Waals surface area contributed by atoms with E-state index in [0.717, 1.165) is 25.2 Å². The molecule has 21 heavy (non-hydrogen) atoms. The Bertz CT molecular complexity index is 634. The Morgan fingerprint density at radius 3 is 2.81 bits per heavy atom. The van der Waals surface area contributed by atoms with Gasteiger partial charge in [-0.15, -0.1) is 0 Å². The van der Waals surface area contributed by atoms with Crippen molar-refractivity contribution in [1.82, 2.24) is 10.3 Å². The summed E-state index contributed by atoms with van der Waals surface area (Å²) in [5.74, 6) is -0.0269. The SMILES string of the molecule is CCCC(=O)Nc1ccc(N2CCOCC2)c2nonc12. The van der Waals surface area contributed by atoms with Gasteiger partial charge in [-0.25, -0.2) is 4.63 Å². The zero-order valence-electron chi connectivity index (χ0n) is 12.0. The summed E-state index contributed by atoms with van der Waals surface area (Å²) in [6, 6.07) is 3.80. The third kappa shape index (κ3) is 2.82. The Balaban J connectivity index is 1.91. The summed E-state index contributed by atoms with van der Waals surface area (Å²) >= 11 is 0. The predicted octanol–water partition coefficient (Wildman–Crippen LogP) is 1.80. The highest BCUT2D eigenvalue weighted by atomic mass is 16.6. The van der Waals surface area contributed by atoms with E-state index >= 15 is 0 Å². The average Bonchev–Trinajstić information content (AvgIpc) is 2.98. The number of carbonyl (C=O) groups excluding carboxylic acids is 1. The van der Waals surface area contributed by atoms with Crippen molar-refractivity contribution in [3.05, 3.63) is 12.1 Å². The van der Waals surface area contributed by atoms with Crippen molar-refractivity contribution in [1.29, 1.82) is 0 Å². The molecule has 0 radical (unpaired) electrons. The summed E-state index contributed by atoms with van der Waals surface area (Å²) in [5.41, 5.74) is 2.86. The van der Waals surface area contributed by atoms with Crippen LogP contribution in [0.2, 0.25) is 0 Å². The van der Waals surface area contributed by atoms with Crippen LogP contribution in [0, 0.1) is 0 Å². The highest BCUT2D eigenvalue weighted by Gasteiger charge is 2.19. The molecule has 112 valence electrons. The summed E-state index contributed by atoms with van der Waals surface area (Å²) in [7, 11) is 0. The number of anilines is 2. The molecule has 0 spiro atoms. The molecule has 1 fully saturated rings. The molecule has 2 aromatic rings. The lowest BCUT2D eigenvalue weighted by Gasteiger charge is -2.28. The predicted molar refractivity (Wildman–Crippen MR) is 78.4 cm³/mol. The van der Waals surface area contributed by atoms with Gasteiger partial charge in [0.1, 0.15) is 0 Å². The van der Waals surface area contributed by atoms with Gasteiger partial charge in [0.05, 0.1) is 24.6 Å². The molecule has 1 aliphatic rings. The van der Waals surface area contributed by atoms with Gasteiger partial charge in [0, 0.05) is 19.5 Å². The normalized spacial score (nSPS) is 15.4. The molecule has 7 nitrogen and oxygen atoms in total. The van der Waals surface area contributed by atoms with Gasteiger partial charge >= 0.3 is 0 Å². The van der Waals surface area contributed by atoms with Crippen molar-refractivity contribution in [2.24, 2.45) is 0 Å². The van der Waals surface area contributed by atoms with Crippen molar-refractivity contribution in [2.45, 2.75) is 19.8 Å². The van der Waals surface area contributed by atoms with Crippen molar-refractivity contribution >= 4 is 28.3 Å². The number of nitrogens with one attached hydrogen (secondary N) is 1. The zero-order valence-corrected chi connectivity index (χ0v) is 12.0. The van der Waals surface area contributed by atoms with Crippen LogP contribution >= 0.6 is 0 Å². The summed E-state index contributed by atoms with van der Waals surface area (Å²) < 4.78 is 10.2. The molecule has 0 unspecified atom stereocenters. The Morgan fingerprint density at radius 2 is 2.05 bits per heavy atom. The first kappa shape index (κ1) is 13.8. The van der Waals surface area contributed by atoms with E-state index in [1.54, 1.807) is 0 Å². The molecule has 1 amide bonds. The van der Waals surface area contributed by atoms with Gasteiger partial charge in [0.15, 0.2) is 11.0 Å². The summed E-state index contributed by atoms with van der Waals surface area (Å²) in [5, 5.41) is 10.8. The topological polar surface area (TPSA) is 80.5 Å². The maximum absolute atomic E-state index is 11.7. The molecule has 1 aromatic carbocycles. The molecular weight excluding hydrogens is 272 g/mol. The number of hydrogen-bond acceptors (Lipinski definition) is 6. The van der Waals surface area contributed by atoms with Crippen LogP contribution < -0.4 is 10.2 Å².